The van der Waals surface area contributed by atoms with Gasteiger partial charge in [0.15, 0.2) is 0 Å². The second-order valence-corrected chi connectivity index (χ2v) is 21.5. The summed E-state index contributed by atoms with van der Waals surface area (Å²) in [5, 5.41) is 10.1. The van der Waals surface area contributed by atoms with Crippen LogP contribution in [0, 0.1) is 64.1 Å². The van der Waals surface area contributed by atoms with Crippen molar-refractivity contribution in [1.82, 2.24) is 9.55 Å². The number of carbonyl (C=O) groups is 1. The summed E-state index contributed by atoms with van der Waals surface area (Å²) in [7, 11) is 0. The van der Waals surface area contributed by atoms with E-state index < -0.39 is 10.2 Å². The van der Waals surface area contributed by atoms with Crippen molar-refractivity contribution in [3.8, 4) is 28.9 Å². The highest BCUT2D eigenvalue weighted by molar-refractivity contribution is 7.95. The van der Waals surface area contributed by atoms with Gasteiger partial charge in [-0.15, -0.1) is 0 Å². The van der Waals surface area contributed by atoms with Gasteiger partial charge in [0, 0.05) is 18.0 Å². The van der Waals surface area contributed by atoms with E-state index in [2.05, 4.69) is 100 Å². The molecule has 0 amide bonds. The van der Waals surface area contributed by atoms with Gasteiger partial charge in [-0.1, -0.05) is 113 Å². The highest BCUT2D eigenvalue weighted by Gasteiger charge is 2.50. The van der Waals surface area contributed by atoms with Crippen LogP contribution in [0.5, 0.6) is 5.75 Å². The normalized spacial score (nSPS) is 15.9. The Morgan fingerprint density at radius 1 is 0.965 bits per heavy atom. The predicted molar refractivity (Wildman–Crippen MR) is 237 cm³/mol. The average Bonchev–Trinajstić information content (AvgIpc) is 3.59. The van der Waals surface area contributed by atoms with Crippen LogP contribution in [0.15, 0.2) is 60.9 Å². The van der Waals surface area contributed by atoms with E-state index in [-0.39, 0.29) is 52.7 Å². The number of nitrogens with zero attached hydrogens (tertiary/aromatic N) is 3. The van der Waals surface area contributed by atoms with Crippen molar-refractivity contribution in [2.75, 3.05) is 13.2 Å². The molecule has 0 saturated carbocycles. The second kappa shape index (κ2) is 18.1. The standard InChI is InChI=1S/C49H72FN3O3S/c1-18-35(4)49(17,45(9,10)11)29-36(5)48(16,32-46(12,13)30-37(31-51)44(6,7)8)43(54)56-26-25-55-38-27-33(2)41(34(3)28-38)53-24-23-52-42(53)39-21-19-20-22-40(39)47(14,15)57-50/h19-24,27-28,36-37H,4,18,25-26,29-30,32H2,1-3,5-17H3. The van der Waals surface area contributed by atoms with E-state index in [1.54, 1.807) is 6.20 Å². The van der Waals surface area contributed by atoms with Gasteiger partial charge in [0.25, 0.3) is 0 Å². The predicted octanol–water partition coefficient (Wildman–Crippen LogP) is 14.0. The van der Waals surface area contributed by atoms with Crippen LogP contribution >= 0.6 is 12.1 Å². The van der Waals surface area contributed by atoms with Crippen molar-refractivity contribution in [2.45, 2.75) is 141 Å². The van der Waals surface area contributed by atoms with Gasteiger partial charge in [-0.05, 0) is 117 Å². The molecule has 0 fully saturated rings. The molecule has 0 spiro atoms. The molecule has 3 aromatic rings. The maximum Gasteiger partial charge on any atom is 0.312 e. The van der Waals surface area contributed by atoms with Gasteiger partial charge >= 0.3 is 5.97 Å². The Hall–Kier alpha value is -3.57. The molecule has 0 radical (unpaired) electrons. The van der Waals surface area contributed by atoms with Gasteiger partial charge in [-0.3, -0.25) is 9.36 Å². The summed E-state index contributed by atoms with van der Waals surface area (Å²) < 4.78 is 27.8. The Morgan fingerprint density at radius 2 is 1.56 bits per heavy atom. The maximum absolute atomic E-state index is 14.5. The highest BCUT2D eigenvalue weighted by atomic mass is 32.2. The minimum absolute atomic E-state index is 0.0347. The summed E-state index contributed by atoms with van der Waals surface area (Å²) >= 11 is 0.326. The fourth-order valence-electron chi connectivity index (χ4n) is 8.59. The molecule has 57 heavy (non-hydrogen) atoms. The minimum Gasteiger partial charge on any atom is -0.490 e. The number of esters is 1. The lowest BCUT2D eigenvalue weighted by Gasteiger charge is -2.49. The summed E-state index contributed by atoms with van der Waals surface area (Å²) in [6.07, 6.45) is 6.62. The first kappa shape index (κ1) is 47.8. The third-order valence-electron chi connectivity index (χ3n) is 12.9. The third kappa shape index (κ3) is 10.9. The Bertz CT molecular complexity index is 1890. The molecule has 2 aromatic carbocycles. The summed E-state index contributed by atoms with van der Waals surface area (Å²) in [6.45, 7) is 38.8. The molecule has 0 N–H and O–H groups in total. The van der Waals surface area contributed by atoms with Crippen molar-refractivity contribution in [3.05, 3.63) is 77.6 Å². The Labute approximate surface area is 349 Å². The van der Waals surface area contributed by atoms with Crippen LogP contribution in [-0.4, -0.2) is 28.7 Å². The zero-order valence-electron chi connectivity index (χ0n) is 38.1. The van der Waals surface area contributed by atoms with Gasteiger partial charge in [0.2, 0.25) is 0 Å². The topological polar surface area (TPSA) is 77.1 Å². The SMILES string of the molecule is C=C(CC)C(C)(CC(C)C(C)(CC(C)(C)CC(C#N)C(C)(C)C)C(=O)OCCOc1cc(C)c(-n2ccnc2-c2ccccc2C(C)(C)SF)c(C)c1)C(C)(C)C. The molecule has 0 aliphatic carbocycles. The largest absolute Gasteiger partial charge is 0.490 e. The molecule has 3 rings (SSSR count). The Kier molecular flexibility index (Phi) is 15.2. The van der Waals surface area contributed by atoms with E-state index in [4.69, 9.17) is 14.5 Å². The summed E-state index contributed by atoms with van der Waals surface area (Å²) in [5.74, 6) is 0.997. The zero-order chi connectivity index (χ0) is 43.4. The number of rotatable bonds is 18. The van der Waals surface area contributed by atoms with E-state index >= 15 is 0 Å². The fraction of sp³-hybridized carbons (Fsp3) is 0.612. The van der Waals surface area contributed by atoms with Crippen LogP contribution in [0.2, 0.25) is 0 Å². The third-order valence-corrected chi connectivity index (χ3v) is 13.5. The van der Waals surface area contributed by atoms with Crippen LogP contribution in [0.4, 0.5) is 3.89 Å². The zero-order valence-corrected chi connectivity index (χ0v) is 38.9. The number of hydrogen-bond acceptors (Lipinski definition) is 6. The van der Waals surface area contributed by atoms with Crippen molar-refractivity contribution in [3.63, 3.8) is 0 Å². The van der Waals surface area contributed by atoms with E-state index in [0.29, 0.717) is 30.7 Å². The van der Waals surface area contributed by atoms with Gasteiger partial charge in [0.05, 0.1) is 40.0 Å². The molecule has 4 atom stereocenters. The lowest BCUT2D eigenvalue weighted by molar-refractivity contribution is -0.163. The molecule has 314 valence electrons. The summed E-state index contributed by atoms with van der Waals surface area (Å²) in [4.78, 5) is 19.2. The molecule has 8 heteroatoms. The smallest absolute Gasteiger partial charge is 0.312 e. The molecule has 6 nitrogen and oxygen atoms in total. The van der Waals surface area contributed by atoms with E-state index in [1.165, 1.54) is 5.57 Å². The number of nitriles is 1. The molecule has 1 heterocycles. The number of imidazole rings is 1. The average molecular weight is 802 g/mol. The summed E-state index contributed by atoms with van der Waals surface area (Å²) in [5.41, 5.74) is 4.31. The fourth-order valence-corrected chi connectivity index (χ4v) is 8.85. The first-order valence-electron chi connectivity index (χ1n) is 20.6. The molecule has 4 unspecified atom stereocenters. The molecular formula is C49H72FN3O3S. The number of allylic oxidation sites excluding steroid dienone is 1. The van der Waals surface area contributed by atoms with Crippen LogP contribution in [0.1, 0.15) is 139 Å². The molecule has 0 bridgehead atoms. The lowest BCUT2D eigenvalue weighted by Crippen LogP contribution is -2.45. The van der Waals surface area contributed by atoms with Crippen molar-refractivity contribution < 1.29 is 18.2 Å². The van der Waals surface area contributed by atoms with Crippen molar-refractivity contribution in [2.24, 2.45) is 38.9 Å². The summed E-state index contributed by atoms with van der Waals surface area (Å²) in [6, 6.07) is 14.4. The van der Waals surface area contributed by atoms with Gasteiger partial charge < -0.3 is 9.47 Å². The number of carbonyl (C=O) groups excluding carboxylic acids is 1. The number of halogens is 1. The monoisotopic (exact) mass is 802 g/mol. The number of hydrogen-bond donors (Lipinski definition) is 0. The lowest BCUT2D eigenvalue weighted by atomic mass is 9.55. The van der Waals surface area contributed by atoms with E-state index in [0.717, 1.165) is 46.6 Å². The second-order valence-electron chi connectivity index (χ2n) is 20.3. The van der Waals surface area contributed by atoms with Gasteiger partial charge in [-0.25, -0.2) is 4.98 Å². The first-order chi connectivity index (χ1) is 26.2. The number of aryl methyl sites for hydroxylation is 2. The van der Waals surface area contributed by atoms with Crippen LogP contribution in [0.25, 0.3) is 17.1 Å². The molecule has 0 aliphatic heterocycles. The van der Waals surface area contributed by atoms with Gasteiger partial charge in [-0.2, -0.15) is 9.15 Å². The number of ether oxygens (including phenoxy) is 2. The highest BCUT2D eigenvalue weighted by Crippen LogP contribution is 2.54. The van der Waals surface area contributed by atoms with E-state index in [9.17, 15) is 13.9 Å². The quantitative estimate of drug-likeness (QED) is 0.0724. The van der Waals surface area contributed by atoms with E-state index in [1.807, 2.05) is 70.3 Å². The van der Waals surface area contributed by atoms with Crippen LogP contribution in [-0.2, 0) is 14.3 Å². The molecule has 0 saturated heterocycles. The number of aromatic nitrogens is 2. The molecular weight excluding hydrogens is 730 g/mol. The van der Waals surface area contributed by atoms with Crippen LogP contribution in [0.3, 0.4) is 0 Å². The maximum atomic E-state index is 14.5. The Balaban J connectivity index is 1.87. The molecule has 0 aliphatic rings. The van der Waals surface area contributed by atoms with Crippen molar-refractivity contribution in [1.29, 1.82) is 5.26 Å². The van der Waals surface area contributed by atoms with Crippen molar-refractivity contribution >= 4 is 18.1 Å². The first-order valence-corrected chi connectivity index (χ1v) is 21.3. The van der Waals surface area contributed by atoms with Crippen LogP contribution < -0.4 is 4.74 Å². The van der Waals surface area contributed by atoms with Gasteiger partial charge in [0.1, 0.15) is 24.8 Å². The minimum atomic E-state index is -0.823. The molecule has 1 aromatic heterocycles. The number of benzene rings is 2. The Morgan fingerprint density at radius 3 is 2.09 bits per heavy atom.